The monoisotopic (exact) mass is 388 g/mol. The van der Waals surface area contributed by atoms with E-state index in [1.165, 1.54) is 18.2 Å². The smallest absolute Gasteiger partial charge is 0.261 e. The molecule has 5 nitrogen and oxygen atoms in total. The number of hydrogen-bond donors (Lipinski definition) is 1. The maximum absolute atomic E-state index is 13.3. The van der Waals surface area contributed by atoms with Gasteiger partial charge in [0.15, 0.2) is 0 Å². The number of hydrogen-bond acceptors (Lipinski definition) is 3. The first-order valence-corrected chi connectivity index (χ1v) is 10.6. The van der Waals surface area contributed by atoms with Gasteiger partial charge in [0.1, 0.15) is 5.82 Å². The molecule has 0 radical (unpaired) electrons. The van der Waals surface area contributed by atoms with Crippen molar-refractivity contribution in [1.82, 2.24) is 0 Å². The van der Waals surface area contributed by atoms with Crippen LogP contribution >= 0.6 is 0 Å². The largest absolute Gasteiger partial charge is 0.312 e. The zero-order chi connectivity index (χ0) is 19.0. The Labute approximate surface area is 158 Å². The number of sulfonamides is 1. The van der Waals surface area contributed by atoms with Crippen LogP contribution in [0.15, 0.2) is 47.4 Å². The van der Waals surface area contributed by atoms with Crippen LogP contribution in [0.5, 0.6) is 0 Å². The van der Waals surface area contributed by atoms with E-state index in [4.69, 9.17) is 0 Å². The normalized spacial score (nSPS) is 17.1. The van der Waals surface area contributed by atoms with Crippen LogP contribution in [-0.2, 0) is 21.2 Å². The summed E-state index contributed by atoms with van der Waals surface area (Å²) in [5, 5.41) is 0. The van der Waals surface area contributed by atoms with Crippen molar-refractivity contribution in [1.29, 1.82) is 0 Å². The van der Waals surface area contributed by atoms with Gasteiger partial charge < -0.3 is 4.90 Å². The molecular weight excluding hydrogens is 367 g/mol. The van der Waals surface area contributed by atoms with E-state index in [-0.39, 0.29) is 16.7 Å². The summed E-state index contributed by atoms with van der Waals surface area (Å²) in [5.74, 6) is -0.311. The number of carbonyl (C=O) groups excluding carboxylic acids is 1. The third-order valence-corrected chi connectivity index (χ3v) is 6.68. The van der Waals surface area contributed by atoms with Gasteiger partial charge in [-0.3, -0.25) is 9.52 Å². The standard InChI is InChI=1S/C20H21FN2O3S/c21-16-6-3-7-18(13-16)27(25,26)22-17-8-9-19-15(12-17)10-11-23(19)20(24)14-4-1-2-5-14/h3,6-9,12-14,22H,1-2,4-5,10-11H2. The fourth-order valence-corrected chi connectivity index (χ4v) is 5.02. The van der Waals surface area contributed by atoms with E-state index in [9.17, 15) is 17.6 Å². The van der Waals surface area contributed by atoms with Gasteiger partial charge in [0.25, 0.3) is 10.0 Å². The van der Waals surface area contributed by atoms with E-state index in [0.717, 1.165) is 43.0 Å². The lowest BCUT2D eigenvalue weighted by atomic mass is 10.1. The molecule has 0 saturated heterocycles. The van der Waals surface area contributed by atoms with E-state index in [2.05, 4.69) is 4.72 Å². The molecule has 142 valence electrons. The molecule has 1 amide bonds. The van der Waals surface area contributed by atoms with Gasteiger partial charge in [-0.1, -0.05) is 18.9 Å². The van der Waals surface area contributed by atoms with Crippen molar-refractivity contribution in [3.63, 3.8) is 0 Å². The Morgan fingerprint density at radius 1 is 1.11 bits per heavy atom. The molecule has 2 aromatic carbocycles. The van der Waals surface area contributed by atoms with Crippen molar-refractivity contribution < 1.29 is 17.6 Å². The zero-order valence-electron chi connectivity index (χ0n) is 14.8. The Bertz CT molecular complexity index is 984. The lowest BCUT2D eigenvalue weighted by Crippen LogP contribution is -2.33. The number of amides is 1. The summed E-state index contributed by atoms with van der Waals surface area (Å²) < 4.78 is 40.7. The van der Waals surface area contributed by atoms with Gasteiger partial charge in [-0.2, -0.15) is 0 Å². The second-order valence-electron chi connectivity index (χ2n) is 7.13. The minimum Gasteiger partial charge on any atom is -0.312 e. The first-order valence-electron chi connectivity index (χ1n) is 9.17. The molecule has 0 atom stereocenters. The van der Waals surface area contributed by atoms with Crippen LogP contribution in [-0.4, -0.2) is 20.9 Å². The van der Waals surface area contributed by atoms with Gasteiger partial charge in [-0.25, -0.2) is 12.8 Å². The summed E-state index contributed by atoms with van der Waals surface area (Å²) in [4.78, 5) is 14.4. The van der Waals surface area contributed by atoms with E-state index in [0.29, 0.717) is 18.7 Å². The number of carbonyl (C=O) groups is 1. The Balaban J connectivity index is 1.55. The average Bonchev–Trinajstić information content (AvgIpc) is 3.30. The summed E-state index contributed by atoms with van der Waals surface area (Å²) in [6.45, 7) is 0.630. The molecule has 2 aromatic rings. The number of nitrogens with one attached hydrogen (secondary N) is 1. The molecular formula is C20H21FN2O3S. The topological polar surface area (TPSA) is 66.5 Å². The molecule has 1 heterocycles. The molecule has 1 aliphatic carbocycles. The van der Waals surface area contributed by atoms with Crippen LogP contribution in [0.4, 0.5) is 15.8 Å². The Kier molecular flexibility index (Phi) is 4.63. The molecule has 2 aliphatic rings. The summed E-state index contributed by atoms with van der Waals surface area (Å²) in [5.41, 5.74) is 2.22. The predicted octanol–water partition coefficient (Wildman–Crippen LogP) is 3.71. The average molecular weight is 388 g/mol. The second-order valence-corrected chi connectivity index (χ2v) is 8.81. The third-order valence-electron chi connectivity index (χ3n) is 5.30. The molecule has 1 fully saturated rings. The minimum atomic E-state index is -3.87. The van der Waals surface area contributed by atoms with Crippen LogP contribution in [0.3, 0.4) is 0 Å². The third kappa shape index (κ3) is 3.56. The van der Waals surface area contributed by atoms with Gasteiger partial charge >= 0.3 is 0 Å². The zero-order valence-corrected chi connectivity index (χ0v) is 15.6. The number of halogens is 1. The number of rotatable bonds is 4. The quantitative estimate of drug-likeness (QED) is 0.868. The van der Waals surface area contributed by atoms with Gasteiger partial charge in [-0.05, 0) is 61.2 Å². The number of fused-ring (bicyclic) bond motifs is 1. The van der Waals surface area contributed by atoms with Gasteiger partial charge in [-0.15, -0.1) is 0 Å². The summed E-state index contributed by atoms with van der Waals surface area (Å²) >= 11 is 0. The van der Waals surface area contributed by atoms with E-state index in [1.54, 1.807) is 18.2 Å². The summed E-state index contributed by atoms with van der Waals surface area (Å²) in [6, 6.07) is 10.1. The number of benzene rings is 2. The molecule has 1 saturated carbocycles. The first-order chi connectivity index (χ1) is 12.9. The maximum atomic E-state index is 13.3. The maximum Gasteiger partial charge on any atom is 0.261 e. The molecule has 4 rings (SSSR count). The van der Waals surface area contributed by atoms with Crippen LogP contribution in [0.25, 0.3) is 0 Å². The Morgan fingerprint density at radius 2 is 1.89 bits per heavy atom. The fraction of sp³-hybridized carbons (Fsp3) is 0.350. The fourth-order valence-electron chi connectivity index (χ4n) is 3.94. The molecule has 1 N–H and O–H groups in total. The van der Waals surface area contributed by atoms with Crippen LogP contribution in [0, 0.1) is 11.7 Å². The van der Waals surface area contributed by atoms with Crippen molar-refractivity contribution in [3.8, 4) is 0 Å². The van der Waals surface area contributed by atoms with E-state index >= 15 is 0 Å². The predicted molar refractivity (Wildman–Crippen MR) is 102 cm³/mol. The molecule has 0 bridgehead atoms. The lowest BCUT2D eigenvalue weighted by Gasteiger charge is -2.21. The summed E-state index contributed by atoms with van der Waals surface area (Å²) in [7, 11) is -3.87. The van der Waals surface area contributed by atoms with Gasteiger partial charge in [0, 0.05) is 23.8 Å². The van der Waals surface area contributed by atoms with Gasteiger partial charge in [0.2, 0.25) is 5.91 Å². The molecule has 1 aliphatic heterocycles. The SMILES string of the molecule is O=C(C1CCCC1)N1CCc2cc(NS(=O)(=O)c3cccc(F)c3)ccc21. The molecule has 0 spiro atoms. The lowest BCUT2D eigenvalue weighted by molar-refractivity contribution is -0.122. The number of anilines is 2. The molecule has 0 aromatic heterocycles. The van der Waals surface area contributed by atoms with E-state index < -0.39 is 15.8 Å². The van der Waals surface area contributed by atoms with Crippen LogP contribution in [0.2, 0.25) is 0 Å². The van der Waals surface area contributed by atoms with Crippen LogP contribution in [0.1, 0.15) is 31.2 Å². The van der Waals surface area contributed by atoms with Crippen molar-refractivity contribution in [3.05, 3.63) is 53.8 Å². The first kappa shape index (κ1) is 18.0. The van der Waals surface area contributed by atoms with E-state index in [1.807, 2.05) is 4.90 Å². The van der Waals surface area contributed by atoms with Crippen molar-refractivity contribution in [2.45, 2.75) is 37.0 Å². The minimum absolute atomic E-state index is 0.113. The highest BCUT2D eigenvalue weighted by molar-refractivity contribution is 7.92. The summed E-state index contributed by atoms with van der Waals surface area (Å²) in [6.07, 6.45) is 4.82. The Morgan fingerprint density at radius 3 is 2.63 bits per heavy atom. The van der Waals surface area contributed by atoms with Crippen molar-refractivity contribution in [2.24, 2.45) is 5.92 Å². The highest BCUT2D eigenvalue weighted by atomic mass is 32.2. The van der Waals surface area contributed by atoms with Crippen molar-refractivity contribution in [2.75, 3.05) is 16.2 Å². The highest BCUT2D eigenvalue weighted by Crippen LogP contribution is 2.35. The molecule has 27 heavy (non-hydrogen) atoms. The van der Waals surface area contributed by atoms with Crippen molar-refractivity contribution >= 4 is 27.3 Å². The molecule has 0 unspecified atom stereocenters. The molecule has 7 heteroatoms. The second kappa shape index (κ2) is 6.96. The van der Waals surface area contributed by atoms with Crippen LogP contribution < -0.4 is 9.62 Å². The highest BCUT2D eigenvalue weighted by Gasteiger charge is 2.32. The number of nitrogens with zero attached hydrogens (tertiary/aromatic N) is 1. The Hall–Kier alpha value is -2.41. The van der Waals surface area contributed by atoms with Gasteiger partial charge in [0.05, 0.1) is 4.90 Å².